The fourth-order valence-corrected chi connectivity index (χ4v) is 2.84. The molecule has 0 saturated heterocycles. The van der Waals surface area contributed by atoms with E-state index in [2.05, 4.69) is 43.0 Å². The molecular formula is C17H25N3O. The van der Waals surface area contributed by atoms with Crippen molar-refractivity contribution < 1.29 is 5.11 Å². The molecule has 1 atom stereocenters. The largest absolute Gasteiger partial charge is 0.396 e. The standard InChI is InChI=1S/C17H25N3O/c1-13-16(14(2)20(4)18-13)12-19(3)17(10-11-21)15-8-6-5-7-9-15/h5-9,17,21H,10-12H2,1-4H3. The van der Waals surface area contributed by atoms with Gasteiger partial charge in [-0.1, -0.05) is 30.3 Å². The van der Waals surface area contributed by atoms with Crippen LogP contribution in [0.15, 0.2) is 30.3 Å². The highest BCUT2D eigenvalue weighted by Gasteiger charge is 2.19. The Hall–Kier alpha value is -1.65. The van der Waals surface area contributed by atoms with E-state index in [1.54, 1.807) is 0 Å². The third-order valence-electron chi connectivity index (χ3n) is 4.19. The van der Waals surface area contributed by atoms with Gasteiger partial charge in [-0.2, -0.15) is 5.10 Å². The van der Waals surface area contributed by atoms with Gasteiger partial charge in [0.15, 0.2) is 0 Å². The summed E-state index contributed by atoms with van der Waals surface area (Å²) in [5.41, 5.74) is 4.81. The van der Waals surface area contributed by atoms with Crippen molar-refractivity contribution in [3.63, 3.8) is 0 Å². The van der Waals surface area contributed by atoms with Crippen LogP contribution in [-0.2, 0) is 13.6 Å². The number of aryl methyl sites for hydroxylation is 2. The Balaban J connectivity index is 2.21. The highest BCUT2D eigenvalue weighted by molar-refractivity contribution is 5.25. The van der Waals surface area contributed by atoms with Crippen LogP contribution in [0.1, 0.15) is 35.0 Å². The van der Waals surface area contributed by atoms with Gasteiger partial charge in [0.1, 0.15) is 0 Å². The van der Waals surface area contributed by atoms with Gasteiger partial charge in [0.2, 0.25) is 0 Å². The molecule has 2 aromatic rings. The van der Waals surface area contributed by atoms with Gasteiger partial charge in [0.25, 0.3) is 0 Å². The van der Waals surface area contributed by atoms with Gasteiger partial charge in [-0.05, 0) is 32.9 Å². The van der Waals surface area contributed by atoms with Crippen LogP contribution in [0.5, 0.6) is 0 Å². The van der Waals surface area contributed by atoms with E-state index in [1.165, 1.54) is 16.8 Å². The maximum absolute atomic E-state index is 9.38. The smallest absolute Gasteiger partial charge is 0.0641 e. The second kappa shape index (κ2) is 6.87. The van der Waals surface area contributed by atoms with Crippen LogP contribution in [-0.4, -0.2) is 33.4 Å². The van der Waals surface area contributed by atoms with E-state index in [9.17, 15) is 5.11 Å². The molecule has 1 N–H and O–H groups in total. The van der Waals surface area contributed by atoms with Crippen molar-refractivity contribution in [3.05, 3.63) is 52.8 Å². The minimum absolute atomic E-state index is 0.189. The lowest BCUT2D eigenvalue weighted by molar-refractivity contribution is 0.179. The highest BCUT2D eigenvalue weighted by atomic mass is 16.3. The first-order valence-corrected chi connectivity index (χ1v) is 7.39. The molecule has 0 aliphatic heterocycles. The Bertz CT molecular complexity index is 577. The predicted octanol–water partition coefficient (Wildman–Crippen LogP) is 2.59. The summed E-state index contributed by atoms with van der Waals surface area (Å²) in [5, 5.41) is 13.9. The molecule has 0 aliphatic carbocycles. The third-order valence-corrected chi connectivity index (χ3v) is 4.19. The van der Waals surface area contributed by atoms with Crippen LogP contribution in [0.25, 0.3) is 0 Å². The van der Waals surface area contributed by atoms with Gasteiger partial charge < -0.3 is 5.11 Å². The number of nitrogens with zero attached hydrogens (tertiary/aromatic N) is 3. The van der Waals surface area contributed by atoms with Crippen molar-refractivity contribution in [3.8, 4) is 0 Å². The molecule has 1 aromatic carbocycles. The first-order valence-electron chi connectivity index (χ1n) is 7.39. The first-order chi connectivity index (χ1) is 10.0. The minimum atomic E-state index is 0.189. The fourth-order valence-electron chi connectivity index (χ4n) is 2.84. The van der Waals surface area contributed by atoms with Crippen LogP contribution in [0.4, 0.5) is 0 Å². The molecule has 1 heterocycles. The summed E-state index contributed by atoms with van der Waals surface area (Å²) in [7, 11) is 4.09. The Labute approximate surface area is 127 Å². The molecule has 0 saturated carbocycles. The van der Waals surface area contributed by atoms with Crippen LogP contribution in [0.2, 0.25) is 0 Å². The number of hydrogen-bond acceptors (Lipinski definition) is 3. The SMILES string of the molecule is Cc1nn(C)c(C)c1CN(C)C(CCO)c1ccccc1. The molecule has 114 valence electrons. The van der Waals surface area contributed by atoms with Crippen LogP contribution >= 0.6 is 0 Å². The summed E-state index contributed by atoms with van der Waals surface area (Å²) in [6.07, 6.45) is 0.735. The normalized spacial score (nSPS) is 12.9. The molecule has 0 amide bonds. The van der Waals surface area contributed by atoms with Gasteiger partial charge in [-0.15, -0.1) is 0 Å². The quantitative estimate of drug-likeness (QED) is 0.888. The number of aromatic nitrogens is 2. The predicted molar refractivity (Wildman–Crippen MR) is 85.0 cm³/mol. The summed E-state index contributed by atoms with van der Waals surface area (Å²) < 4.78 is 1.93. The molecule has 21 heavy (non-hydrogen) atoms. The van der Waals surface area contributed by atoms with Crippen molar-refractivity contribution in [2.24, 2.45) is 7.05 Å². The summed E-state index contributed by atoms with van der Waals surface area (Å²) in [6.45, 7) is 5.19. The fraction of sp³-hybridized carbons (Fsp3) is 0.471. The van der Waals surface area contributed by atoms with E-state index < -0.39 is 0 Å². The summed E-state index contributed by atoms with van der Waals surface area (Å²) in [5.74, 6) is 0. The second-order valence-corrected chi connectivity index (χ2v) is 5.63. The van der Waals surface area contributed by atoms with Crippen molar-refractivity contribution in [1.29, 1.82) is 0 Å². The molecule has 0 aliphatic rings. The molecule has 0 fully saturated rings. The van der Waals surface area contributed by atoms with Crippen molar-refractivity contribution in [2.75, 3.05) is 13.7 Å². The third kappa shape index (κ3) is 3.52. The van der Waals surface area contributed by atoms with Gasteiger partial charge in [0.05, 0.1) is 5.69 Å². The van der Waals surface area contributed by atoms with Gasteiger partial charge in [0, 0.05) is 37.5 Å². The summed E-state index contributed by atoms with van der Waals surface area (Å²) in [6, 6.07) is 10.6. The first kappa shape index (κ1) is 15.7. The molecule has 4 heteroatoms. The van der Waals surface area contributed by atoms with Crippen LogP contribution in [0, 0.1) is 13.8 Å². The Kier molecular flexibility index (Phi) is 5.15. The summed E-state index contributed by atoms with van der Waals surface area (Å²) >= 11 is 0. The minimum Gasteiger partial charge on any atom is -0.396 e. The maximum atomic E-state index is 9.38. The maximum Gasteiger partial charge on any atom is 0.0641 e. The van der Waals surface area contributed by atoms with Crippen molar-refractivity contribution >= 4 is 0 Å². The molecule has 0 bridgehead atoms. The van der Waals surface area contributed by atoms with Gasteiger partial charge in [-0.3, -0.25) is 9.58 Å². The average molecular weight is 287 g/mol. The number of rotatable bonds is 6. The van der Waals surface area contributed by atoms with E-state index in [0.29, 0.717) is 0 Å². The van der Waals surface area contributed by atoms with Crippen molar-refractivity contribution in [1.82, 2.24) is 14.7 Å². The van der Waals surface area contributed by atoms with Gasteiger partial charge in [-0.25, -0.2) is 0 Å². The molecule has 4 nitrogen and oxygen atoms in total. The Morgan fingerprint density at radius 2 is 1.90 bits per heavy atom. The topological polar surface area (TPSA) is 41.3 Å². The molecule has 2 rings (SSSR count). The van der Waals surface area contributed by atoms with Crippen LogP contribution in [0.3, 0.4) is 0 Å². The molecule has 0 radical (unpaired) electrons. The zero-order valence-corrected chi connectivity index (χ0v) is 13.4. The zero-order valence-electron chi connectivity index (χ0n) is 13.4. The van der Waals surface area contributed by atoms with E-state index in [0.717, 1.165) is 18.7 Å². The highest BCUT2D eigenvalue weighted by Crippen LogP contribution is 2.25. The zero-order chi connectivity index (χ0) is 15.4. The molecule has 1 aromatic heterocycles. The van der Waals surface area contributed by atoms with Gasteiger partial charge >= 0.3 is 0 Å². The van der Waals surface area contributed by atoms with Crippen LogP contribution < -0.4 is 0 Å². The number of aliphatic hydroxyl groups excluding tert-OH is 1. The lowest BCUT2D eigenvalue weighted by Gasteiger charge is -2.28. The van der Waals surface area contributed by atoms with E-state index in [-0.39, 0.29) is 12.6 Å². The molecular weight excluding hydrogens is 262 g/mol. The Morgan fingerprint density at radius 3 is 2.43 bits per heavy atom. The van der Waals surface area contributed by atoms with Crippen molar-refractivity contribution in [2.45, 2.75) is 32.9 Å². The molecule has 1 unspecified atom stereocenters. The lowest BCUT2D eigenvalue weighted by Crippen LogP contribution is -2.25. The number of aliphatic hydroxyl groups is 1. The Morgan fingerprint density at radius 1 is 1.24 bits per heavy atom. The molecule has 0 spiro atoms. The number of hydrogen-bond donors (Lipinski definition) is 1. The van der Waals surface area contributed by atoms with E-state index >= 15 is 0 Å². The average Bonchev–Trinajstić information content (AvgIpc) is 2.72. The van der Waals surface area contributed by atoms with E-state index in [4.69, 9.17) is 0 Å². The number of benzene rings is 1. The lowest BCUT2D eigenvalue weighted by atomic mass is 10.0. The monoisotopic (exact) mass is 287 g/mol. The summed E-state index contributed by atoms with van der Waals surface area (Å²) in [4.78, 5) is 2.29. The van der Waals surface area contributed by atoms with E-state index in [1.807, 2.05) is 29.9 Å². The second-order valence-electron chi connectivity index (χ2n) is 5.63.